The molecule has 1 atom stereocenters. The van der Waals surface area contributed by atoms with Crippen molar-refractivity contribution in [1.29, 1.82) is 0 Å². The maximum absolute atomic E-state index is 13.4. The topological polar surface area (TPSA) is 83.0 Å². The summed E-state index contributed by atoms with van der Waals surface area (Å²) in [5.41, 5.74) is 1.58. The van der Waals surface area contributed by atoms with E-state index in [9.17, 15) is 9.59 Å². The summed E-state index contributed by atoms with van der Waals surface area (Å²) in [5, 5.41) is 6.13. The maximum Gasteiger partial charge on any atom is 0.242 e. The van der Waals surface area contributed by atoms with E-state index in [4.69, 9.17) is 62.7 Å². The lowest BCUT2D eigenvalue weighted by atomic mass is 10.2. The Labute approximate surface area is 254 Å². The van der Waals surface area contributed by atoms with Crippen LogP contribution in [0, 0.1) is 0 Å². The number of anilines is 2. The Kier molecular flexibility index (Phi) is 10.1. The van der Waals surface area contributed by atoms with Crippen molar-refractivity contribution in [3.63, 3.8) is 0 Å². The van der Waals surface area contributed by atoms with E-state index in [1.165, 1.54) is 16.7 Å². The minimum absolute atomic E-state index is 0.0344. The van der Waals surface area contributed by atoms with Crippen molar-refractivity contribution in [1.82, 2.24) is 4.90 Å². The van der Waals surface area contributed by atoms with Crippen molar-refractivity contribution in [2.75, 3.05) is 30.8 Å². The van der Waals surface area contributed by atoms with Crippen LogP contribution in [0.15, 0.2) is 59.6 Å². The lowest BCUT2D eigenvalue weighted by Crippen LogP contribution is -2.36. The number of aliphatic imine (C=N–C) groups is 1. The molecule has 1 aliphatic heterocycles. The zero-order valence-corrected chi connectivity index (χ0v) is 24.9. The lowest BCUT2D eigenvalue weighted by Gasteiger charge is -2.19. The van der Waals surface area contributed by atoms with E-state index in [1.807, 2.05) is 30.3 Å². The third kappa shape index (κ3) is 7.06. The summed E-state index contributed by atoms with van der Waals surface area (Å²) in [6.07, 6.45) is -0.0344. The van der Waals surface area contributed by atoms with Crippen molar-refractivity contribution in [2.45, 2.75) is 11.7 Å². The van der Waals surface area contributed by atoms with Crippen molar-refractivity contribution < 1.29 is 14.3 Å². The SMILES string of the molecule is COc1ccc(NC(=O)C[C@H]2SC(=Nc3ccccc3)N(CCNc3c(Cl)c(Cl)c(Cl)c(Cl)c3Cl)C2=O)cc1. The van der Waals surface area contributed by atoms with Gasteiger partial charge >= 0.3 is 0 Å². The Morgan fingerprint density at radius 3 is 2.18 bits per heavy atom. The quantitative estimate of drug-likeness (QED) is 0.182. The molecule has 13 heteroatoms. The van der Waals surface area contributed by atoms with Crippen LogP contribution in [0.4, 0.5) is 17.1 Å². The largest absolute Gasteiger partial charge is 0.497 e. The average molecular weight is 647 g/mol. The second kappa shape index (κ2) is 13.4. The fourth-order valence-electron chi connectivity index (χ4n) is 3.65. The Morgan fingerprint density at radius 1 is 0.949 bits per heavy atom. The molecule has 0 radical (unpaired) electrons. The molecule has 2 amide bonds. The normalized spacial score (nSPS) is 16.1. The summed E-state index contributed by atoms with van der Waals surface area (Å²) in [7, 11) is 1.56. The van der Waals surface area contributed by atoms with Crippen molar-refractivity contribution >= 4 is 104 Å². The standard InChI is InChI=1S/C26H21Cl5N4O3S/c1-38-16-9-7-15(8-10-16)33-18(36)13-17-25(37)35(26(39-17)34-14-5-3-2-4-6-14)12-11-32-24-22(30)20(28)19(27)21(29)23(24)31/h2-10,17,32H,11-13H2,1H3,(H,33,36)/t17-/m1/s1. The number of halogens is 5. The van der Waals surface area contributed by atoms with Gasteiger partial charge in [0.15, 0.2) is 5.17 Å². The zero-order chi connectivity index (χ0) is 28.1. The number of rotatable bonds is 9. The summed E-state index contributed by atoms with van der Waals surface area (Å²) in [4.78, 5) is 32.3. The van der Waals surface area contributed by atoms with Crippen LogP contribution in [0.2, 0.25) is 25.1 Å². The third-order valence-electron chi connectivity index (χ3n) is 5.59. The minimum Gasteiger partial charge on any atom is -0.497 e. The molecule has 204 valence electrons. The van der Waals surface area contributed by atoms with Gasteiger partial charge in [-0.15, -0.1) is 0 Å². The number of hydrogen-bond donors (Lipinski definition) is 2. The highest BCUT2D eigenvalue weighted by Crippen LogP contribution is 2.46. The zero-order valence-electron chi connectivity index (χ0n) is 20.3. The highest BCUT2D eigenvalue weighted by molar-refractivity contribution is 8.15. The van der Waals surface area contributed by atoms with Crippen LogP contribution in [0.1, 0.15) is 6.42 Å². The van der Waals surface area contributed by atoms with Crippen molar-refractivity contribution in [3.05, 3.63) is 79.7 Å². The molecule has 7 nitrogen and oxygen atoms in total. The third-order valence-corrected chi connectivity index (χ3v) is 9.04. The summed E-state index contributed by atoms with van der Waals surface area (Å²) < 4.78 is 5.14. The summed E-state index contributed by atoms with van der Waals surface area (Å²) in [6, 6.07) is 16.2. The van der Waals surface area contributed by atoms with E-state index in [1.54, 1.807) is 31.4 Å². The molecule has 0 saturated carbocycles. The number of nitrogens with one attached hydrogen (secondary N) is 2. The number of hydrogen-bond acceptors (Lipinski definition) is 6. The Balaban J connectivity index is 1.49. The van der Waals surface area contributed by atoms with Gasteiger partial charge in [0, 0.05) is 25.2 Å². The van der Waals surface area contributed by atoms with Crippen LogP contribution < -0.4 is 15.4 Å². The molecule has 1 saturated heterocycles. The summed E-state index contributed by atoms with van der Waals surface area (Å²) in [6.45, 7) is 0.442. The molecular formula is C26H21Cl5N4O3S. The highest BCUT2D eigenvalue weighted by Gasteiger charge is 2.39. The number of ether oxygens (including phenoxy) is 1. The van der Waals surface area contributed by atoms with Gasteiger partial charge in [0.1, 0.15) is 11.0 Å². The predicted molar refractivity (Wildman–Crippen MR) is 163 cm³/mol. The van der Waals surface area contributed by atoms with E-state index in [0.717, 1.165) is 0 Å². The smallest absolute Gasteiger partial charge is 0.242 e. The first-order chi connectivity index (χ1) is 18.7. The van der Waals surface area contributed by atoms with Gasteiger partial charge in [-0.1, -0.05) is 88.0 Å². The first-order valence-corrected chi connectivity index (χ1v) is 14.3. The molecule has 2 N–H and O–H groups in total. The number of nitrogens with zero attached hydrogens (tertiary/aromatic N) is 2. The molecule has 0 unspecified atom stereocenters. The first-order valence-electron chi connectivity index (χ1n) is 11.5. The number of carbonyl (C=O) groups is 2. The second-order valence-corrected chi connectivity index (χ2v) is 11.2. The van der Waals surface area contributed by atoms with E-state index >= 15 is 0 Å². The van der Waals surface area contributed by atoms with Crippen LogP contribution in [0.25, 0.3) is 0 Å². The number of para-hydroxylation sites is 1. The van der Waals surface area contributed by atoms with Crippen LogP contribution in [-0.4, -0.2) is 47.3 Å². The first kappa shape index (κ1) is 29.6. The Bertz CT molecular complexity index is 1380. The average Bonchev–Trinajstić information content (AvgIpc) is 3.22. The molecule has 0 spiro atoms. The van der Waals surface area contributed by atoms with Gasteiger partial charge in [-0.25, -0.2) is 4.99 Å². The van der Waals surface area contributed by atoms with Gasteiger partial charge in [0.2, 0.25) is 11.8 Å². The molecule has 0 aromatic heterocycles. The van der Waals surface area contributed by atoms with E-state index in [0.29, 0.717) is 28.0 Å². The van der Waals surface area contributed by atoms with E-state index in [2.05, 4.69) is 15.6 Å². The highest BCUT2D eigenvalue weighted by atomic mass is 35.5. The molecule has 39 heavy (non-hydrogen) atoms. The summed E-state index contributed by atoms with van der Waals surface area (Å²) in [5.74, 6) is 0.131. The molecule has 4 rings (SSSR count). The van der Waals surface area contributed by atoms with Crippen LogP contribution in [-0.2, 0) is 9.59 Å². The predicted octanol–water partition coefficient (Wildman–Crippen LogP) is 8.03. The van der Waals surface area contributed by atoms with Gasteiger partial charge in [-0.05, 0) is 36.4 Å². The second-order valence-electron chi connectivity index (χ2n) is 8.18. The molecular weight excluding hydrogens is 626 g/mol. The Morgan fingerprint density at radius 2 is 1.56 bits per heavy atom. The molecule has 3 aromatic rings. The Hall–Kier alpha value is -2.33. The fraction of sp³-hybridized carbons (Fsp3) is 0.192. The van der Waals surface area contributed by atoms with E-state index in [-0.39, 0.29) is 56.4 Å². The molecule has 3 aromatic carbocycles. The number of benzene rings is 3. The number of methoxy groups -OCH3 is 1. The van der Waals surface area contributed by atoms with Gasteiger partial charge in [0.05, 0.1) is 43.6 Å². The van der Waals surface area contributed by atoms with Crippen LogP contribution in [0.5, 0.6) is 5.75 Å². The number of amides is 2. The fourth-order valence-corrected chi connectivity index (χ4v) is 6.11. The van der Waals surface area contributed by atoms with Gasteiger partial charge in [0.25, 0.3) is 0 Å². The lowest BCUT2D eigenvalue weighted by molar-refractivity contribution is -0.128. The molecule has 1 fully saturated rings. The molecule has 0 aliphatic carbocycles. The van der Waals surface area contributed by atoms with Gasteiger partial charge in [-0.3, -0.25) is 14.5 Å². The van der Waals surface area contributed by atoms with Crippen LogP contribution in [0.3, 0.4) is 0 Å². The van der Waals surface area contributed by atoms with Crippen molar-refractivity contribution in [3.8, 4) is 5.75 Å². The van der Waals surface area contributed by atoms with Gasteiger partial charge < -0.3 is 15.4 Å². The monoisotopic (exact) mass is 644 g/mol. The molecule has 1 aliphatic rings. The maximum atomic E-state index is 13.4. The number of carbonyl (C=O) groups excluding carboxylic acids is 2. The minimum atomic E-state index is -0.655. The van der Waals surface area contributed by atoms with Gasteiger partial charge in [-0.2, -0.15) is 0 Å². The van der Waals surface area contributed by atoms with Crippen molar-refractivity contribution in [2.24, 2.45) is 4.99 Å². The van der Waals surface area contributed by atoms with Crippen LogP contribution >= 0.6 is 69.8 Å². The van der Waals surface area contributed by atoms with E-state index < -0.39 is 5.25 Å². The number of amidine groups is 1. The number of thioether (sulfide) groups is 1. The molecule has 0 bridgehead atoms. The molecule has 1 heterocycles. The summed E-state index contributed by atoms with van der Waals surface area (Å²) >= 11 is 32.3.